The van der Waals surface area contributed by atoms with Crippen molar-refractivity contribution >= 4 is 0 Å². The molecule has 0 amide bonds. The zero-order valence-electron chi connectivity index (χ0n) is 11.0. The lowest BCUT2D eigenvalue weighted by Crippen LogP contribution is -2.46. The van der Waals surface area contributed by atoms with Crippen LogP contribution in [0.25, 0.3) is 0 Å². The standard InChI is InChI=1S/C15H23NO/c1-11(2)15(3,17)10-16-14-8-12-6-4-5-7-13(12)9-14/h4-7,11,14,16-17H,8-10H2,1-3H3. The fourth-order valence-corrected chi connectivity index (χ4v) is 2.26. The molecule has 0 saturated carbocycles. The van der Waals surface area contributed by atoms with Crippen LogP contribution in [0.5, 0.6) is 0 Å². The van der Waals surface area contributed by atoms with E-state index in [4.69, 9.17) is 0 Å². The van der Waals surface area contributed by atoms with Gasteiger partial charge in [-0.05, 0) is 36.8 Å². The van der Waals surface area contributed by atoms with Gasteiger partial charge in [-0.3, -0.25) is 0 Å². The monoisotopic (exact) mass is 233 g/mol. The van der Waals surface area contributed by atoms with E-state index in [0.29, 0.717) is 12.6 Å². The molecule has 2 rings (SSSR count). The molecule has 1 unspecified atom stereocenters. The second-order valence-corrected chi connectivity index (χ2v) is 5.77. The third kappa shape index (κ3) is 2.88. The Balaban J connectivity index is 1.88. The molecule has 0 bridgehead atoms. The zero-order valence-corrected chi connectivity index (χ0v) is 11.0. The maximum Gasteiger partial charge on any atom is 0.0766 e. The zero-order chi connectivity index (χ0) is 12.5. The minimum atomic E-state index is -0.616. The maximum atomic E-state index is 10.2. The number of hydrogen-bond acceptors (Lipinski definition) is 2. The molecule has 2 nitrogen and oxygen atoms in total. The Morgan fingerprint density at radius 1 is 1.29 bits per heavy atom. The van der Waals surface area contributed by atoms with Crippen molar-refractivity contribution in [3.05, 3.63) is 35.4 Å². The van der Waals surface area contributed by atoms with E-state index in [9.17, 15) is 5.11 Å². The third-order valence-corrected chi connectivity index (χ3v) is 4.04. The molecular formula is C15H23NO. The van der Waals surface area contributed by atoms with E-state index >= 15 is 0 Å². The Morgan fingerprint density at radius 2 is 1.82 bits per heavy atom. The predicted octanol–water partition coefficient (Wildman–Crippen LogP) is 2.15. The fraction of sp³-hybridized carbons (Fsp3) is 0.600. The van der Waals surface area contributed by atoms with Crippen LogP contribution < -0.4 is 5.32 Å². The van der Waals surface area contributed by atoms with Crippen molar-refractivity contribution in [2.24, 2.45) is 5.92 Å². The summed E-state index contributed by atoms with van der Waals surface area (Å²) in [6, 6.07) is 9.10. The summed E-state index contributed by atoms with van der Waals surface area (Å²) in [4.78, 5) is 0. The second-order valence-electron chi connectivity index (χ2n) is 5.77. The molecule has 0 aliphatic heterocycles. The molecule has 1 aromatic rings. The molecule has 1 atom stereocenters. The van der Waals surface area contributed by atoms with Gasteiger partial charge in [-0.25, -0.2) is 0 Å². The summed E-state index contributed by atoms with van der Waals surface area (Å²) >= 11 is 0. The lowest BCUT2D eigenvalue weighted by Gasteiger charge is -2.29. The van der Waals surface area contributed by atoms with Gasteiger partial charge >= 0.3 is 0 Å². The van der Waals surface area contributed by atoms with Crippen LogP contribution in [0.2, 0.25) is 0 Å². The minimum absolute atomic E-state index is 0.277. The molecule has 1 aliphatic rings. The molecule has 1 aromatic carbocycles. The van der Waals surface area contributed by atoms with E-state index < -0.39 is 5.60 Å². The van der Waals surface area contributed by atoms with Crippen molar-refractivity contribution in [3.8, 4) is 0 Å². The Labute approximate surface area is 104 Å². The summed E-state index contributed by atoms with van der Waals surface area (Å²) in [5, 5.41) is 13.7. The lowest BCUT2D eigenvalue weighted by atomic mass is 9.92. The van der Waals surface area contributed by atoms with Gasteiger partial charge in [-0.2, -0.15) is 0 Å². The van der Waals surface area contributed by atoms with Crippen LogP contribution in [-0.2, 0) is 12.8 Å². The van der Waals surface area contributed by atoms with Crippen LogP contribution in [0, 0.1) is 5.92 Å². The molecule has 0 heterocycles. The van der Waals surface area contributed by atoms with Gasteiger partial charge in [-0.1, -0.05) is 38.1 Å². The fourth-order valence-electron chi connectivity index (χ4n) is 2.26. The Bertz CT molecular complexity index is 359. The van der Waals surface area contributed by atoms with Gasteiger partial charge < -0.3 is 10.4 Å². The highest BCUT2D eigenvalue weighted by atomic mass is 16.3. The van der Waals surface area contributed by atoms with Gasteiger partial charge in [0.2, 0.25) is 0 Å². The van der Waals surface area contributed by atoms with Gasteiger partial charge in [0, 0.05) is 12.6 Å². The Hall–Kier alpha value is -0.860. The maximum absolute atomic E-state index is 10.2. The molecule has 0 fully saturated rings. The number of nitrogens with one attached hydrogen (secondary N) is 1. The SMILES string of the molecule is CC(C)C(C)(O)CNC1Cc2ccccc2C1. The summed E-state index contributed by atoms with van der Waals surface area (Å²) in [7, 11) is 0. The number of benzene rings is 1. The van der Waals surface area contributed by atoms with Crippen LogP contribution in [-0.4, -0.2) is 23.3 Å². The Kier molecular flexibility index (Phi) is 3.55. The first-order chi connectivity index (χ1) is 7.99. The summed E-state index contributed by atoms with van der Waals surface area (Å²) in [5.41, 5.74) is 2.29. The molecule has 0 aromatic heterocycles. The summed E-state index contributed by atoms with van der Waals surface area (Å²) < 4.78 is 0. The van der Waals surface area contributed by atoms with Crippen LogP contribution in [0.3, 0.4) is 0 Å². The summed E-state index contributed by atoms with van der Waals surface area (Å²) in [6.45, 7) is 6.70. The molecule has 2 heteroatoms. The Morgan fingerprint density at radius 3 is 2.29 bits per heavy atom. The molecule has 2 N–H and O–H groups in total. The van der Waals surface area contributed by atoms with Crippen molar-refractivity contribution < 1.29 is 5.11 Å². The van der Waals surface area contributed by atoms with Crippen LogP contribution in [0.4, 0.5) is 0 Å². The smallest absolute Gasteiger partial charge is 0.0766 e. The third-order valence-electron chi connectivity index (χ3n) is 4.04. The van der Waals surface area contributed by atoms with Crippen LogP contribution in [0.1, 0.15) is 31.9 Å². The first kappa shape index (κ1) is 12.6. The van der Waals surface area contributed by atoms with Crippen molar-refractivity contribution in [2.45, 2.75) is 45.3 Å². The van der Waals surface area contributed by atoms with Gasteiger partial charge in [0.1, 0.15) is 0 Å². The van der Waals surface area contributed by atoms with Crippen molar-refractivity contribution in [3.63, 3.8) is 0 Å². The molecule has 1 aliphatic carbocycles. The predicted molar refractivity (Wildman–Crippen MR) is 71.1 cm³/mol. The highest BCUT2D eigenvalue weighted by Crippen LogP contribution is 2.22. The highest BCUT2D eigenvalue weighted by molar-refractivity contribution is 5.33. The van der Waals surface area contributed by atoms with Gasteiger partial charge in [0.05, 0.1) is 5.60 Å². The van der Waals surface area contributed by atoms with E-state index in [1.165, 1.54) is 11.1 Å². The molecule has 0 saturated heterocycles. The molecule has 0 radical (unpaired) electrons. The van der Waals surface area contributed by atoms with Gasteiger partial charge in [-0.15, -0.1) is 0 Å². The van der Waals surface area contributed by atoms with Crippen molar-refractivity contribution in [1.29, 1.82) is 0 Å². The largest absolute Gasteiger partial charge is 0.389 e. The number of fused-ring (bicyclic) bond motifs is 1. The minimum Gasteiger partial charge on any atom is -0.389 e. The molecule has 0 spiro atoms. The van der Waals surface area contributed by atoms with E-state index in [0.717, 1.165) is 12.8 Å². The highest BCUT2D eigenvalue weighted by Gasteiger charge is 2.27. The average molecular weight is 233 g/mol. The first-order valence-corrected chi connectivity index (χ1v) is 6.51. The van der Waals surface area contributed by atoms with Crippen LogP contribution >= 0.6 is 0 Å². The van der Waals surface area contributed by atoms with E-state index in [-0.39, 0.29) is 5.92 Å². The first-order valence-electron chi connectivity index (χ1n) is 6.51. The van der Waals surface area contributed by atoms with Gasteiger partial charge in [0.15, 0.2) is 0 Å². The second kappa shape index (κ2) is 4.79. The lowest BCUT2D eigenvalue weighted by molar-refractivity contribution is 0.0120. The van der Waals surface area contributed by atoms with E-state index in [1.54, 1.807) is 0 Å². The van der Waals surface area contributed by atoms with Crippen LogP contribution in [0.15, 0.2) is 24.3 Å². The molecule has 17 heavy (non-hydrogen) atoms. The number of hydrogen-bond donors (Lipinski definition) is 2. The van der Waals surface area contributed by atoms with Gasteiger partial charge in [0.25, 0.3) is 0 Å². The summed E-state index contributed by atoms with van der Waals surface area (Å²) in [6.07, 6.45) is 2.18. The normalized spacial score (nSPS) is 19.4. The quantitative estimate of drug-likeness (QED) is 0.835. The summed E-state index contributed by atoms with van der Waals surface area (Å²) in [5.74, 6) is 0.277. The number of rotatable bonds is 4. The van der Waals surface area contributed by atoms with Crippen molar-refractivity contribution in [1.82, 2.24) is 5.32 Å². The topological polar surface area (TPSA) is 32.3 Å². The molecule has 94 valence electrons. The number of aliphatic hydroxyl groups is 1. The van der Waals surface area contributed by atoms with Crippen molar-refractivity contribution in [2.75, 3.05) is 6.54 Å². The molecular weight excluding hydrogens is 210 g/mol. The van der Waals surface area contributed by atoms with E-state index in [2.05, 4.69) is 43.4 Å². The van der Waals surface area contributed by atoms with E-state index in [1.807, 2.05) is 6.92 Å². The average Bonchev–Trinajstić information content (AvgIpc) is 2.69.